The molecule has 1 saturated carbocycles. The highest BCUT2D eigenvalue weighted by molar-refractivity contribution is 5.85. The Hall–Kier alpha value is -2.74. The molecule has 0 unspecified atom stereocenters. The summed E-state index contributed by atoms with van der Waals surface area (Å²) < 4.78 is 11.5. The summed E-state index contributed by atoms with van der Waals surface area (Å²) in [4.78, 5) is 34.2. The number of amides is 2. The molecule has 8 heteroatoms. The normalized spacial score (nSPS) is 20.2. The van der Waals surface area contributed by atoms with Crippen LogP contribution in [0.1, 0.15) is 61.1 Å². The second-order valence-electron chi connectivity index (χ2n) is 9.21. The maximum absolute atomic E-state index is 13.2. The Labute approximate surface area is 195 Å². The van der Waals surface area contributed by atoms with Gasteiger partial charge in [0.15, 0.2) is 0 Å². The van der Waals surface area contributed by atoms with Crippen molar-refractivity contribution in [3.63, 3.8) is 0 Å². The summed E-state index contributed by atoms with van der Waals surface area (Å²) in [6, 6.07) is 4.10. The molecule has 4 rings (SSSR count). The van der Waals surface area contributed by atoms with Gasteiger partial charge in [0, 0.05) is 43.5 Å². The van der Waals surface area contributed by atoms with Gasteiger partial charge in [-0.2, -0.15) is 0 Å². The molecule has 2 fully saturated rings. The molecule has 33 heavy (non-hydrogen) atoms. The third kappa shape index (κ3) is 5.99. The number of carbonyl (C=O) groups is 2. The van der Waals surface area contributed by atoms with E-state index < -0.39 is 0 Å². The van der Waals surface area contributed by atoms with Crippen LogP contribution in [0, 0.1) is 13.8 Å². The van der Waals surface area contributed by atoms with E-state index in [-0.39, 0.29) is 30.5 Å². The van der Waals surface area contributed by atoms with Crippen LogP contribution in [0.5, 0.6) is 0 Å². The number of aromatic nitrogens is 2. The largest absolute Gasteiger partial charge is 0.370 e. The van der Waals surface area contributed by atoms with E-state index in [2.05, 4.69) is 10.1 Å². The van der Waals surface area contributed by atoms with Crippen LogP contribution in [0.4, 0.5) is 0 Å². The first-order chi connectivity index (χ1) is 16.0. The second-order valence-corrected chi connectivity index (χ2v) is 9.21. The van der Waals surface area contributed by atoms with Crippen molar-refractivity contribution in [3.8, 4) is 0 Å². The maximum atomic E-state index is 13.2. The summed E-state index contributed by atoms with van der Waals surface area (Å²) in [5.74, 6) is 0.734. The standard InChI is InChI=1S/C25H34N4O4/c1-18-23(19(2)33-27-18)10-11-24(30)28-14-22(32-17-20-7-6-12-26-13-20)15-29(25(31)16-28)21-8-4-3-5-9-21/h6-7,12-13,21-22H,3-5,8-11,14-17H2,1-2H3/t22-/m1/s1. The molecule has 0 bridgehead atoms. The van der Waals surface area contributed by atoms with Crippen LogP contribution < -0.4 is 0 Å². The van der Waals surface area contributed by atoms with Gasteiger partial charge in [-0.15, -0.1) is 0 Å². The summed E-state index contributed by atoms with van der Waals surface area (Å²) in [7, 11) is 0. The topological polar surface area (TPSA) is 88.8 Å². The molecule has 0 N–H and O–H groups in total. The molecule has 2 amide bonds. The zero-order valence-electron chi connectivity index (χ0n) is 19.7. The Bertz CT molecular complexity index is 920. The van der Waals surface area contributed by atoms with Gasteiger partial charge < -0.3 is 19.1 Å². The first-order valence-electron chi connectivity index (χ1n) is 12.0. The van der Waals surface area contributed by atoms with Gasteiger partial charge in [-0.1, -0.05) is 30.5 Å². The molecule has 3 heterocycles. The zero-order valence-corrected chi connectivity index (χ0v) is 19.7. The number of rotatable bonds is 7. The van der Waals surface area contributed by atoms with Crippen molar-refractivity contribution in [2.45, 2.75) is 77.5 Å². The summed E-state index contributed by atoms with van der Waals surface area (Å²) >= 11 is 0. The Morgan fingerprint density at radius 2 is 2.03 bits per heavy atom. The smallest absolute Gasteiger partial charge is 0.242 e. The molecule has 0 aromatic carbocycles. The number of hydrogen-bond acceptors (Lipinski definition) is 6. The summed E-state index contributed by atoms with van der Waals surface area (Å²) in [5, 5.41) is 3.97. The minimum absolute atomic E-state index is 0.0278. The maximum Gasteiger partial charge on any atom is 0.242 e. The van der Waals surface area contributed by atoms with Crippen molar-refractivity contribution in [3.05, 3.63) is 47.1 Å². The van der Waals surface area contributed by atoms with E-state index in [1.54, 1.807) is 17.3 Å². The van der Waals surface area contributed by atoms with Crippen LogP contribution in [-0.2, 0) is 27.4 Å². The monoisotopic (exact) mass is 454 g/mol. The number of pyridine rings is 1. The van der Waals surface area contributed by atoms with Crippen LogP contribution in [0.15, 0.2) is 29.0 Å². The molecule has 0 radical (unpaired) electrons. The van der Waals surface area contributed by atoms with Gasteiger partial charge in [-0.25, -0.2) is 0 Å². The molecule has 2 aliphatic rings. The van der Waals surface area contributed by atoms with Crippen molar-refractivity contribution in [1.29, 1.82) is 0 Å². The van der Waals surface area contributed by atoms with E-state index in [9.17, 15) is 9.59 Å². The molecule has 2 aromatic rings. The highest BCUT2D eigenvalue weighted by atomic mass is 16.5. The Balaban J connectivity index is 1.45. The lowest BCUT2D eigenvalue weighted by molar-refractivity contribution is -0.140. The molecule has 178 valence electrons. The van der Waals surface area contributed by atoms with Gasteiger partial charge in [-0.3, -0.25) is 14.6 Å². The Morgan fingerprint density at radius 1 is 1.21 bits per heavy atom. The van der Waals surface area contributed by atoms with Crippen molar-refractivity contribution >= 4 is 11.8 Å². The minimum atomic E-state index is -0.235. The average Bonchev–Trinajstić information content (AvgIpc) is 3.05. The van der Waals surface area contributed by atoms with Crippen LogP contribution in [0.25, 0.3) is 0 Å². The van der Waals surface area contributed by atoms with Crippen LogP contribution in [0.2, 0.25) is 0 Å². The average molecular weight is 455 g/mol. The zero-order chi connectivity index (χ0) is 23.2. The van der Waals surface area contributed by atoms with Crippen molar-refractivity contribution in [2.75, 3.05) is 19.6 Å². The molecular weight excluding hydrogens is 420 g/mol. The molecule has 1 atom stereocenters. The fourth-order valence-electron chi connectivity index (χ4n) is 4.93. The van der Waals surface area contributed by atoms with E-state index in [0.717, 1.165) is 48.3 Å². The van der Waals surface area contributed by atoms with E-state index in [0.29, 0.717) is 32.5 Å². The van der Waals surface area contributed by atoms with E-state index in [1.807, 2.05) is 30.9 Å². The molecular formula is C25H34N4O4. The fourth-order valence-corrected chi connectivity index (χ4v) is 4.93. The quantitative estimate of drug-likeness (QED) is 0.638. The fraction of sp³-hybridized carbons (Fsp3) is 0.600. The van der Waals surface area contributed by atoms with Crippen molar-refractivity contribution in [1.82, 2.24) is 19.9 Å². The summed E-state index contributed by atoms with van der Waals surface area (Å²) in [6.07, 6.45) is 9.74. The summed E-state index contributed by atoms with van der Waals surface area (Å²) in [5.41, 5.74) is 2.76. The first kappa shape index (κ1) is 23.4. The second kappa shape index (κ2) is 10.9. The Morgan fingerprint density at radius 3 is 2.73 bits per heavy atom. The lowest BCUT2D eigenvalue weighted by Gasteiger charge is -2.34. The van der Waals surface area contributed by atoms with Gasteiger partial charge >= 0.3 is 0 Å². The minimum Gasteiger partial charge on any atom is -0.370 e. The SMILES string of the molecule is Cc1noc(C)c1CCC(=O)N1CC(=O)N(C2CCCCC2)C[C@H](OCc2cccnc2)C1. The van der Waals surface area contributed by atoms with Crippen LogP contribution >= 0.6 is 0 Å². The first-order valence-corrected chi connectivity index (χ1v) is 12.0. The van der Waals surface area contributed by atoms with E-state index in [1.165, 1.54) is 6.42 Å². The van der Waals surface area contributed by atoms with Crippen molar-refractivity contribution in [2.24, 2.45) is 0 Å². The number of ether oxygens (including phenoxy) is 1. The molecule has 1 saturated heterocycles. The van der Waals surface area contributed by atoms with Gasteiger partial charge in [-0.05, 0) is 44.7 Å². The number of aryl methyl sites for hydroxylation is 2. The highest BCUT2D eigenvalue weighted by Crippen LogP contribution is 2.25. The van der Waals surface area contributed by atoms with Gasteiger partial charge in [0.25, 0.3) is 0 Å². The number of nitrogens with zero attached hydrogens (tertiary/aromatic N) is 4. The molecule has 0 spiro atoms. The predicted molar refractivity (Wildman–Crippen MR) is 122 cm³/mol. The molecule has 8 nitrogen and oxygen atoms in total. The Kier molecular flexibility index (Phi) is 7.75. The van der Waals surface area contributed by atoms with Gasteiger partial charge in [0.05, 0.1) is 24.9 Å². The van der Waals surface area contributed by atoms with Crippen molar-refractivity contribution < 1.29 is 18.8 Å². The summed E-state index contributed by atoms with van der Waals surface area (Å²) in [6.45, 7) is 5.21. The van der Waals surface area contributed by atoms with Crippen LogP contribution in [0.3, 0.4) is 0 Å². The van der Waals surface area contributed by atoms with Gasteiger partial charge in [0.1, 0.15) is 5.76 Å². The highest BCUT2D eigenvalue weighted by Gasteiger charge is 2.34. The molecule has 1 aliphatic heterocycles. The number of carbonyl (C=O) groups excluding carboxylic acids is 2. The predicted octanol–water partition coefficient (Wildman–Crippen LogP) is 3.21. The molecule has 2 aromatic heterocycles. The van der Waals surface area contributed by atoms with E-state index >= 15 is 0 Å². The van der Waals surface area contributed by atoms with E-state index in [4.69, 9.17) is 9.26 Å². The van der Waals surface area contributed by atoms with Crippen LogP contribution in [-0.4, -0.2) is 63.5 Å². The lowest BCUT2D eigenvalue weighted by Crippen LogP contribution is -2.46. The third-order valence-electron chi connectivity index (χ3n) is 6.82. The molecule has 1 aliphatic carbocycles. The number of hydrogen-bond donors (Lipinski definition) is 0. The lowest BCUT2D eigenvalue weighted by atomic mass is 9.94. The third-order valence-corrected chi connectivity index (χ3v) is 6.82. The van der Waals surface area contributed by atoms with Gasteiger partial charge in [0.2, 0.25) is 11.8 Å².